The zero-order valence-corrected chi connectivity index (χ0v) is 18.6. The van der Waals surface area contributed by atoms with E-state index in [1.807, 2.05) is 0 Å². The van der Waals surface area contributed by atoms with E-state index in [0.717, 1.165) is 55.6 Å². The van der Waals surface area contributed by atoms with Crippen LogP contribution < -0.4 is 0 Å². The summed E-state index contributed by atoms with van der Waals surface area (Å²) in [4.78, 5) is 3.03. The Morgan fingerprint density at radius 1 is 0.966 bits per heavy atom. The van der Waals surface area contributed by atoms with Gasteiger partial charge in [-0.2, -0.15) is 0 Å². The minimum Gasteiger partial charge on any atom is -0.348 e. The summed E-state index contributed by atoms with van der Waals surface area (Å²) in [6.07, 6.45) is 11.7. The van der Waals surface area contributed by atoms with E-state index in [9.17, 15) is 0 Å². The van der Waals surface area contributed by atoms with Crippen molar-refractivity contribution in [1.82, 2.24) is 0 Å². The fraction of sp³-hybridized carbons (Fsp3) is 1.00. The molecule has 0 N–H and O–H groups in total. The number of azide groups is 1. The van der Waals surface area contributed by atoms with Gasteiger partial charge in [-0.05, 0) is 96.8 Å². The SMILES string of the molecule is C[C@H](CN=[N+]=[N-])[C@H]1CCC2C3CC[C@H]4CC5(CC[C@]4(C)C3CC[C@@]21C)OCCO5. The van der Waals surface area contributed by atoms with Gasteiger partial charge in [0.15, 0.2) is 5.79 Å². The number of hydrogen-bond acceptors (Lipinski definition) is 3. The van der Waals surface area contributed by atoms with Crippen molar-refractivity contribution in [3.8, 4) is 0 Å². The van der Waals surface area contributed by atoms with Crippen molar-refractivity contribution in [2.24, 2.45) is 51.5 Å². The van der Waals surface area contributed by atoms with E-state index >= 15 is 0 Å². The van der Waals surface area contributed by atoms with Crippen LogP contribution in [0.3, 0.4) is 0 Å². The Hall–Kier alpha value is -0.770. The molecule has 0 radical (unpaired) electrons. The fourth-order valence-corrected chi connectivity index (χ4v) is 9.22. The van der Waals surface area contributed by atoms with Gasteiger partial charge >= 0.3 is 0 Å². The summed E-state index contributed by atoms with van der Waals surface area (Å²) in [5, 5.41) is 3.92. The third-order valence-corrected chi connectivity index (χ3v) is 10.7. The molecule has 162 valence electrons. The van der Waals surface area contributed by atoms with Crippen molar-refractivity contribution < 1.29 is 9.47 Å². The van der Waals surface area contributed by atoms with Crippen LogP contribution in [-0.4, -0.2) is 25.5 Å². The Bertz CT molecular complexity index is 686. The summed E-state index contributed by atoms with van der Waals surface area (Å²) in [7, 11) is 0. The molecule has 3 unspecified atom stereocenters. The maximum atomic E-state index is 8.76. The molecule has 4 aliphatic carbocycles. The van der Waals surface area contributed by atoms with Gasteiger partial charge in [0, 0.05) is 24.3 Å². The van der Waals surface area contributed by atoms with Crippen molar-refractivity contribution >= 4 is 0 Å². The van der Waals surface area contributed by atoms with Gasteiger partial charge < -0.3 is 9.47 Å². The van der Waals surface area contributed by atoms with Gasteiger partial charge in [0.1, 0.15) is 0 Å². The van der Waals surface area contributed by atoms with E-state index in [1.54, 1.807) is 0 Å². The molecule has 4 saturated carbocycles. The van der Waals surface area contributed by atoms with Gasteiger partial charge in [0.25, 0.3) is 0 Å². The summed E-state index contributed by atoms with van der Waals surface area (Å²) in [6.45, 7) is 9.76. The second-order valence-corrected chi connectivity index (χ2v) is 11.6. The number of fused-ring (bicyclic) bond motifs is 5. The van der Waals surface area contributed by atoms with Gasteiger partial charge in [0.2, 0.25) is 0 Å². The maximum Gasteiger partial charge on any atom is 0.168 e. The smallest absolute Gasteiger partial charge is 0.168 e. The van der Waals surface area contributed by atoms with Crippen molar-refractivity contribution in [2.75, 3.05) is 19.8 Å². The average molecular weight is 402 g/mol. The van der Waals surface area contributed by atoms with E-state index in [0.29, 0.717) is 23.3 Å². The number of hydrogen-bond donors (Lipinski definition) is 0. The third-order valence-electron chi connectivity index (χ3n) is 10.7. The van der Waals surface area contributed by atoms with E-state index < -0.39 is 0 Å². The molecule has 0 aromatic carbocycles. The van der Waals surface area contributed by atoms with Crippen LogP contribution in [0.25, 0.3) is 10.4 Å². The molecular formula is C24H39N3O2. The number of ether oxygens (including phenoxy) is 2. The highest BCUT2D eigenvalue weighted by Crippen LogP contribution is 2.69. The zero-order chi connectivity index (χ0) is 20.3. The molecule has 1 heterocycles. The van der Waals surface area contributed by atoms with Gasteiger partial charge in [0.05, 0.1) is 13.2 Å². The second kappa shape index (κ2) is 7.14. The van der Waals surface area contributed by atoms with Crippen LogP contribution in [0.5, 0.6) is 0 Å². The quantitative estimate of drug-likeness (QED) is 0.315. The molecule has 0 aromatic rings. The lowest BCUT2D eigenvalue weighted by molar-refractivity contribution is -0.229. The molecule has 0 amide bonds. The van der Waals surface area contributed by atoms with E-state index in [-0.39, 0.29) is 5.79 Å². The summed E-state index contributed by atoms with van der Waals surface area (Å²) >= 11 is 0. The lowest BCUT2D eigenvalue weighted by atomic mass is 9.44. The molecule has 0 aromatic heterocycles. The Kier molecular flexibility index (Phi) is 4.96. The lowest BCUT2D eigenvalue weighted by Gasteiger charge is -2.62. The normalized spacial score (nSPS) is 49.0. The molecule has 5 heteroatoms. The van der Waals surface area contributed by atoms with Crippen molar-refractivity contribution in [3.63, 3.8) is 0 Å². The highest BCUT2D eigenvalue weighted by molar-refractivity contribution is 5.10. The standard InChI is InChI=1S/C24H39N3O2/c1-16(15-26-27-25)19-6-7-20-18-5-4-17-14-24(28-12-13-29-24)11-10-22(17,2)21(18)8-9-23(19,20)3/h16-21H,4-15H2,1-3H3/t16-,17+,18?,19-,20?,21?,22+,23-/m1/s1. The van der Waals surface area contributed by atoms with Crippen LogP contribution in [0.1, 0.15) is 78.6 Å². The maximum absolute atomic E-state index is 8.76. The first-order valence-electron chi connectivity index (χ1n) is 12.2. The van der Waals surface area contributed by atoms with Gasteiger partial charge in [-0.3, -0.25) is 0 Å². The van der Waals surface area contributed by atoms with E-state index in [4.69, 9.17) is 15.0 Å². The monoisotopic (exact) mass is 401 g/mol. The Labute approximate surface area is 175 Å². The Morgan fingerprint density at radius 3 is 2.48 bits per heavy atom. The summed E-state index contributed by atoms with van der Waals surface area (Å²) in [5.74, 6) is 4.40. The van der Waals surface area contributed by atoms with Crippen molar-refractivity contribution in [3.05, 3.63) is 10.4 Å². The highest BCUT2D eigenvalue weighted by Gasteiger charge is 2.62. The molecule has 5 aliphatic rings. The molecule has 5 rings (SSSR count). The predicted octanol–water partition coefficient (Wildman–Crippen LogP) is 6.33. The lowest BCUT2D eigenvalue weighted by Crippen LogP contribution is -2.56. The van der Waals surface area contributed by atoms with Gasteiger partial charge in [-0.25, -0.2) is 0 Å². The first-order chi connectivity index (χ1) is 13.9. The number of rotatable bonds is 3. The van der Waals surface area contributed by atoms with Crippen LogP contribution in [0.2, 0.25) is 0 Å². The fourth-order valence-electron chi connectivity index (χ4n) is 9.22. The van der Waals surface area contributed by atoms with Gasteiger partial charge in [-0.1, -0.05) is 25.9 Å². The first-order valence-corrected chi connectivity index (χ1v) is 12.2. The van der Waals surface area contributed by atoms with Crippen molar-refractivity contribution in [1.29, 1.82) is 0 Å². The molecule has 1 aliphatic heterocycles. The minimum absolute atomic E-state index is 0.241. The average Bonchev–Trinajstić information content (AvgIpc) is 3.31. The first kappa shape index (κ1) is 20.2. The molecule has 0 bridgehead atoms. The number of nitrogens with zero attached hydrogens (tertiary/aromatic N) is 3. The highest BCUT2D eigenvalue weighted by atomic mass is 16.7. The van der Waals surface area contributed by atoms with Crippen LogP contribution in [-0.2, 0) is 9.47 Å². The molecule has 1 spiro atoms. The zero-order valence-electron chi connectivity index (χ0n) is 18.6. The largest absolute Gasteiger partial charge is 0.348 e. The van der Waals surface area contributed by atoms with E-state index in [1.165, 1.54) is 44.9 Å². The topological polar surface area (TPSA) is 67.2 Å². The molecular weight excluding hydrogens is 362 g/mol. The van der Waals surface area contributed by atoms with Gasteiger partial charge in [-0.15, -0.1) is 0 Å². The molecule has 29 heavy (non-hydrogen) atoms. The molecule has 5 nitrogen and oxygen atoms in total. The van der Waals surface area contributed by atoms with Crippen LogP contribution in [0, 0.1) is 46.3 Å². The van der Waals surface area contributed by atoms with Crippen molar-refractivity contribution in [2.45, 2.75) is 84.3 Å². The summed E-state index contributed by atoms with van der Waals surface area (Å²) < 4.78 is 12.2. The third kappa shape index (κ3) is 2.98. The Balaban J connectivity index is 1.35. The van der Waals surface area contributed by atoms with Crippen LogP contribution in [0.4, 0.5) is 0 Å². The van der Waals surface area contributed by atoms with Crippen LogP contribution in [0.15, 0.2) is 5.11 Å². The summed E-state index contributed by atoms with van der Waals surface area (Å²) in [5.41, 5.74) is 9.68. The molecule has 5 fully saturated rings. The van der Waals surface area contributed by atoms with Crippen LogP contribution >= 0.6 is 0 Å². The van der Waals surface area contributed by atoms with E-state index in [2.05, 4.69) is 30.8 Å². The second-order valence-electron chi connectivity index (χ2n) is 11.6. The Morgan fingerprint density at radius 2 is 1.72 bits per heavy atom. The predicted molar refractivity (Wildman–Crippen MR) is 113 cm³/mol. The minimum atomic E-state index is -0.241. The summed E-state index contributed by atoms with van der Waals surface area (Å²) in [6, 6.07) is 0. The molecule has 8 atom stereocenters. The molecule has 1 saturated heterocycles.